The van der Waals surface area contributed by atoms with Gasteiger partial charge in [0.05, 0.1) is 16.5 Å². The van der Waals surface area contributed by atoms with Gasteiger partial charge in [-0.2, -0.15) is 0 Å². The van der Waals surface area contributed by atoms with Gasteiger partial charge in [-0.15, -0.1) is 0 Å². The molecule has 10 nitrogen and oxygen atoms in total. The topological polar surface area (TPSA) is 168 Å². The first-order valence-corrected chi connectivity index (χ1v) is 18.9. The molecule has 0 aromatic heterocycles. The Labute approximate surface area is 341 Å². The lowest BCUT2D eigenvalue weighted by Gasteiger charge is -2.36. The average molecular weight is 791 g/mol. The van der Waals surface area contributed by atoms with Crippen LogP contribution in [-0.4, -0.2) is 44.3 Å². The lowest BCUT2D eigenvalue weighted by atomic mass is 9.66. The first-order chi connectivity index (χ1) is 27.8. The second-order valence-electron chi connectivity index (χ2n) is 16.5. The lowest BCUT2D eigenvalue weighted by molar-refractivity contribution is 0.0649. The number of carboxylic acids is 4. The number of aromatic carboxylic acids is 4. The van der Waals surface area contributed by atoms with E-state index in [2.05, 4.69) is 36.4 Å². The molecule has 6 aromatic rings. The molecule has 0 unspecified atom stereocenters. The zero-order chi connectivity index (χ0) is 42.6. The fourth-order valence-corrected chi connectivity index (χ4v) is 8.17. The summed E-state index contributed by atoms with van der Waals surface area (Å²) in [6, 6.07) is 36.2. The number of ether oxygens (including phenoxy) is 2. The highest BCUT2D eigenvalue weighted by Gasteiger charge is 2.47. The highest BCUT2D eigenvalue weighted by atomic mass is 16.5. The molecule has 1 aliphatic carbocycles. The number of benzene rings is 6. The van der Waals surface area contributed by atoms with Gasteiger partial charge in [-0.3, -0.25) is 0 Å². The van der Waals surface area contributed by atoms with E-state index >= 15 is 0 Å². The van der Waals surface area contributed by atoms with E-state index in [1.54, 1.807) is 12.1 Å². The van der Waals surface area contributed by atoms with Crippen LogP contribution in [0.1, 0.15) is 116 Å². The van der Waals surface area contributed by atoms with E-state index < -0.39 is 62.4 Å². The van der Waals surface area contributed by atoms with E-state index in [1.807, 2.05) is 77.9 Å². The Bertz CT molecular complexity index is 2530. The van der Waals surface area contributed by atoms with E-state index in [0.717, 1.165) is 44.5 Å². The Morgan fingerprint density at radius 2 is 0.814 bits per heavy atom. The number of hydrogen-bond acceptors (Lipinski definition) is 6. The number of rotatable bonds is 10. The van der Waals surface area contributed by atoms with Gasteiger partial charge in [0.25, 0.3) is 0 Å². The van der Waals surface area contributed by atoms with Crippen LogP contribution >= 0.6 is 0 Å². The fraction of sp³-hybridized carbons (Fsp3) is 0.184. The normalized spacial score (nSPS) is 12.9. The quantitative estimate of drug-likeness (QED) is 0.105. The predicted molar refractivity (Wildman–Crippen MR) is 222 cm³/mol. The van der Waals surface area contributed by atoms with Gasteiger partial charge in [0.1, 0.15) is 34.1 Å². The number of hydrogen-bond donors (Lipinski definition) is 4. The summed E-state index contributed by atoms with van der Waals surface area (Å²) in [4.78, 5) is 48.8. The summed E-state index contributed by atoms with van der Waals surface area (Å²) < 4.78 is 12.7. The first-order valence-electron chi connectivity index (χ1n) is 18.9. The maximum absolute atomic E-state index is 12.4. The molecule has 0 amide bonds. The fourth-order valence-electron chi connectivity index (χ4n) is 8.17. The second kappa shape index (κ2) is 14.6. The zero-order valence-corrected chi connectivity index (χ0v) is 33.3. The molecule has 0 bridgehead atoms. The first kappa shape index (κ1) is 40.0. The summed E-state index contributed by atoms with van der Waals surface area (Å²) in [5, 5.41) is 39.8. The van der Waals surface area contributed by atoms with Crippen LogP contribution in [-0.2, 0) is 16.2 Å². The Balaban J connectivity index is 1.49. The van der Waals surface area contributed by atoms with Crippen molar-refractivity contribution in [1.29, 1.82) is 0 Å². The zero-order valence-electron chi connectivity index (χ0n) is 33.3. The van der Waals surface area contributed by atoms with Crippen LogP contribution < -0.4 is 9.47 Å². The van der Waals surface area contributed by atoms with E-state index in [0.29, 0.717) is 11.5 Å². The molecule has 0 spiro atoms. The van der Waals surface area contributed by atoms with Crippen LogP contribution in [0.5, 0.6) is 23.0 Å². The largest absolute Gasteiger partial charge is 0.478 e. The molecule has 0 aliphatic heterocycles. The molecular weight excluding hydrogens is 749 g/mol. The summed E-state index contributed by atoms with van der Waals surface area (Å²) in [6.45, 7) is 12.1. The summed E-state index contributed by atoms with van der Waals surface area (Å²) in [7, 11) is 0. The molecule has 0 fully saturated rings. The molecule has 0 saturated heterocycles. The van der Waals surface area contributed by atoms with E-state index in [-0.39, 0.29) is 11.5 Å². The van der Waals surface area contributed by atoms with Crippen LogP contribution in [0.25, 0.3) is 11.1 Å². The van der Waals surface area contributed by atoms with Gasteiger partial charge in [0, 0.05) is 11.1 Å². The van der Waals surface area contributed by atoms with Crippen LogP contribution in [0.2, 0.25) is 0 Å². The molecule has 10 heteroatoms. The van der Waals surface area contributed by atoms with Crippen LogP contribution in [0.15, 0.2) is 121 Å². The minimum atomic E-state index is -1.43. The Kier molecular flexibility index (Phi) is 9.92. The van der Waals surface area contributed by atoms with E-state index in [9.17, 15) is 39.6 Å². The summed E-state index contributed by atoms with van der Waals surface area (Å²) >= 11 is 0. The number of carboxylic acid groups (broad SMARTS) is 4. The predicted octanol–water partition coefficient (Wildman–Crippen LogP) is 11.0. The Morgan fingerprint density at radius 1 is 0.441 bits per heavy atom. The van der Waals surface area contributed by atoms with Crippen molar-refractivity contribution in [1.82, 2.24) is 0 Å². The highest BCUT2D eigenvalue weighted by molar-refractivity contribution is 6.04. The molecule has 0 heterocycles. The van der Waals surface area contributed by atoms with Gasteiger partial charge in [0.15, 0.2) is 0 Å². The molecule has 59 heavy (non-hydrogen) atoms. The van der Waals surface area contributed by atoms with Crippen molar-refractivity contribution in [2.75, 3.05) is 0 Å². The summed E-state index contributed by atoms with van der Waals surface area (Å²) in [5.74, 6) is -5.12. The van der Waals surface area contributed by atoms with Gasteiger partial charge >= 0.3 is 23.9 Å². The van der Waals surface area contributed by atoms with Crippen molar-refractivity contribution in [3.8, 4) is 34.1 Å². The van der Waals surface area contributed by atoms with E-state index in [1.165, 1.54) is 36.4 Å². The summed E-state index contributed by atoms with van der Waals surface area (Å²) in [6.07, 6.45) is 0. The van der Waals surface area contributed by atoms with Gasteiger partial charge in [0.2, 0.25) is 0 Å². The van der Waals surface area contributed by atoms with Crippen molar-refractivity contribution in [3.05, 3.63) is 177 Å². The molecule has 6 aromatic carbocycles. The summed E-state index contributed by atoms with van der Waals surface area (Å²) in [5.41, 5.74) is 3.57. The molecular formula is C49H42O10. The van der Waals surface area contributed by atoms with Crippen molar-refractivity contribution in [2.24, 2.45) is 0 Å². The minimum absolute atomic E-state index is 0.104. The Hall–Kier alpha value is -7.20. The second-order valence-corrected chi connectivity index (χ2v) is 16.5. The van der Waals surface area contributed by atoms with Gasteiger partial charge in [-0.05, 0) is 92.7 Å². The highest BCUT2D eigenvalue weighted by Crippen LogP contribution is 2.57. The molecule has 4 N–H and O–H groups in total. The number of fused-ring (bicyclic) bond motifs is 3. The lowest BCUT2D eigenvalue weighted by Crippen LogP contribution is -2.30. The van der Waals surface area contributed by atoms with Crippen molar-refractivity contribution in [3.63, 3.8) is 0 Å². The van der Waals surface area contributed by atoms with E-state index in [4.69, 9.17) is 9.47 Å². The van der Waals surface area contributed by atoms with Gasteiger partial charge in [-0.25, -0.2) is 19.2 Å². The monoisotopic (exact) mass is 790 g/mol. The molecule has 0 atom stereocenters. The Morgan fingerprint density at radius 3 is 1.15 bits per heavy atom. The SMILES string of the molecule is CC(C)(C)c1cc(C2(c3ccc(Oc4cccc(C(=O)O)c4C(=O)O)c(C(C)(C)C)c3)c3ccccc3-c3ccccc32)ccc1Oc1cccc(C(=O)O)c1C(=O)O. The van der Waals surface area contributed by atoms with Gasteiger partial charge < -0.3 is 29.9 Å². The van der Waals surface area contributed by atoms with Gasteiger partial charge in [-0.1, -0.05) is 114 Å². The molecule has 0 saturated carbocycles. The molecule has 7 rings (SSSR count). The maximum atomic E-state index is 12.4. The third kappa shape index (κ3) is 6.86. The average Bonchev–Trinajstić information content (AvgIpc) is 3.48. The minimum Gasteiger partial charge on any atom is -0.478 e. The van der Waals surface area contributed by atoms with Crippen molar-refractivity contribution < 1.29 is 49.1 Å². The maximum Gasteiger partial charge on any atom is 0.340 e. The smallest absolute Gasteiger partial charge is 0.340 e. The number of carbonyl (C=O) groups is 4. The molecule has 0 radical (unpaired) electrons. The van der Waals surface area contributed by atoms with Crippen molar-refractivity contribution in [2.45, 2.75) is 57.8 Å². The molecule has 298 valence electrons. The molecule has 1 aliphatic rings. The van der Waals surface area contributed by atoms with Crippen LogP contribution in [0.4, 0.5) is 0 Å². The standard InChI is InChI=1S/C49H42O10/c1-47(2,3)35-25-27(21-23-37(35)58-39-19-11-15-31(43(50)51)41(39)45(54)55)49(33-17-9-7-13-29(33)30-14-8-10-18-34(30)49)28-22-24-38(36(26-28)48(4,5)6)59-40-20-12-16-32(44(52)53)42(40)46(56)57/h7-26H,1-6H3,(H,50,51)(H,52,53)(H,54,55)(H,56,57). The van der Waals surface area contributed by atoms with Crippen LogP contribution in [0.3, 0.4) is 0 Å². The third-order valence-electron chi connectivity index (χ3n) is 10.8. The van der Waals surface area contributed by atoms with Crippen LogP contribution in [0, 0.1) is 0 Å². The third-order valence-corrected chi connectivity index (χ3v) is 10.8. The van der Waals surface area contributed by atoms with Crippen molar-refractivity contribution >= 4 is 23.9 Å².